The number of anilines is 1. The van der Waals surface area contributed by atoms with E-state index in [0.29, 0.717) is 43.5 Å². The maximum absolute atomic E-state index is 12.5. The lowest BCUT2D eigenvalue weighted by Gasteiger charge is -2.34. The lowest BCUT2D eigenvalue weighted by Crippen LogP contribution is -2.48. The molecule has 0 aliphatic carbocycles. The van der Waals surface area contributed by atoms with Crippen LogP contribution in [-0.2, 0) is 17.8 Å². The number of carbonyl (C=O) groups excluding carboxylic acids is 1. The van der Waals surface area contributed by atoms with Gasteiger partial charge in [0, 0.05) is 31.9 Å². The fraction of sp³-hybridized carbons (Fsp3) is 0.316. The lowest BCUT2D eigenvalue weighted by molar-refractivity contribution is -0.132. The van der Waals surface area contributed by atoms with Crippen molar-refractivity contribution in [3.8, 4) is 10.7 Å². The van der Waals surface area contributed by atoms with E-state index in [1.807, 2.05) is 46.7 Å². The van der Waals surface area contributed by atoms with Crippen LogP contribution in [0.2, 0.25) is 0 Å². The summed E-state index contributed by atoms with van der Waals surface area (Å²) in [6.07, 6.45) is 0.411. The summed E-state index contributed by atoms with van der Waals surface area (Å²) in [7, 11) is 0. The first-order chi connectivity index (χ1) is 13.2. The molecule has 0 saturated carbocycles. The van der Waals surface area contributed by atoms with Crippen molar-refractivity contribution in [3.63, 3.8) is 0 Å². The molecule has 1 aromatic carbocycles. The molecule has 1 aliphatic rings. The highest BCUT2D eigenvalue weighted by molar-refractivity contribution is 7.13. The minimum Gasteiger partial charge on any atom is -0.399 e. The van der Waals surface area contributed by atoms with Crippen molar-refractivity contribution in [2.75, 3.05) is 31.9 Å². The Morgan fingerprint density at radius 1 is 1.10 bits per heavy atom. The van der Waals surface area contributed by atoms with Crippen LogP contribution in [0.1, 0.15) is 11.5 Å². The smallest absolute Gasteiger partial charge is 0.241 e. The van der Waals surface area contributed by atoms with Crippen LogP contribution in [0, 0.1) is 0 Å². The Hall–Kier alpha value is -2.13. The second kappa shape index (κ2) is 10.6. The van der Waals surface area contributed by atoms with Crippen molar-refractivity contribution in [1.82, 2.24) is 19.9 Å². The van der Waals surface area contributed by atoms with Crippen molar-refractivity contribution >= 4 is 47.7 Å². The maximum atomic E-state index is 12.5. The third-order valence-corrected chi connectivity index (χ3v) is 5.49. The SMILES string of the molecule is Cl.Cl.Nc1ccc(CC(=O)N2CCN(Cc3nc(-c4cccs4)no3)CC2)cc1. The zero-order valence-corrected chi connectivity index (χ0v) is 18.1. The summed E-state index contributed by atoms with van der Waals surface area (Å²) in [5.41, 5.74) is 7.39. The fourth-order valence-corrected chi connectivity index (χ4v) is 3.74. The quantitative estimate of drug-likeness (QED) is 0.594. The Morgan fingerprint density at radius 3 is 2.48 bits per heavy atom. The number of nitrogen functional groups attached to an aromatic ring is 1. The van der Waals surface area contributed by atoms with E-state index in [2.05, 4.69) is 15.0 Å². The highest BCUT2D eigenvalue weighted by Gasteiger charge is 2.22. The number of aromatic nitrogens is 2. The number of piperazine rings is 1. The molecule has 0 atom stereocenters. The fourth-order valence-electron chi connectivity index (χ4n) is 3.09. The van der Waals surface area contributed by atoms with Gasteiger partial charge in [0.1, 0.15) is 0 Å². The van der Waals surface area contributed by atoms with Gasteiger partial charge in [0.2, 0.25) is 17.6 Å². The predicted molar refractivity (Wildman–Crippen MR) is 119 cm³/mol. The first-order valence-electron chi connectivity index (χ1n) is 8.88. The topological polar surface area (TPSA) is 88.5 Å². The molecule has 4 rings (SSSR count). The molecule has 156 valence electrons. The van der Waals surface area contributed by atoms with Crippen LogP contribution in [-0.4, -0.2) is 52.0 Å². The Kier molecular flexibility index (Phi) is 8.45. The van der Waals surface area contributed by atoms with Gasteiger partial charge in [-0.05, 0) is 29.1 Å². The van der Waals surface area contributed by atoms with Crippen molar-refractivity contribution < 1.29 is 9.32 Å². The average molecular weight is 456 g/mol. The Balaban J connectivity index is 0.00000150. The molecule has 0 radical (unpaired) electrons. The summed E-state index contributed by atoms with van der Waals surface area (Å²) in [5.74, 6) is 1.40. The third kappa shape index (κ3) is 5.93. The minimum absolute atomic E-state index is 0. The molecular formula is C19H23Cl2N5O2S. The standard InChI is InChI=1S/C19H21N5O2S.2ClH/c20-15-5-3-14(4-6-15)12-18(25)24-9-7-23(8-10-24)13-17-21-19(22-26-17)16-2-1-11-27-16;;/h1-6,11H,7-10,12-13,20H2;2*1H. The van der Waals surface area contributed by atoms with E-state index in [0.717, 1.165) is 23.5 Å². The van der Waals surface area contributed by atoms with Crippen molar-refractivity contribution in [2.24, 2.45) is 0 Å². The first kappa shape index (κ1) is 23.2. The molecule has 7 nitrogen and oxygen atoms in total. The first-order valence-corrected chi connectivity index (χ1v) is 9.76. The highest BCUT2D eigenvalue weighted by atomic mass is 35.5. The largest absolute Gasteiger partial charge is 0.399 e. The van der Waals surface area contributed by atoms with Crippen LogP contribution >= 0.6 is 36.2 Å². The van der Waals surface area contributed by atoms with Gasteiger partial charge in [-0.2, -0.15) is 4.98 Å². The number of thiophene rings is 1. The molecule has 0 bridgehead atoms. The molecule has 1 saturated heterocycles. The summed E-state index contributed by atoms with van der Waals surface area (Å²) in [6, 6.07) is 11.4. The Labute approximate surface area is 185 Å². The molecule has 0 unspecified atom stereocenters. The molecule has 3 aromatic rings. The van der Waals surface area contributed by atoms with E-state index in [4.69, 9.17) is 10.3 Å². The number of nitrogens with two attached hydrogens (primary N) is 1. The van der Waals surface area contributed by atoms with E-state index in [9.17, 15) is 4.79 Å². The molecule has 29 heavy (non-hydrogen) atoms. The Morgan fingerprint density at radius 2 is 1.83 bits per heavy atom. The summed E-state index contributed by atoms with van der Waals surface area (Å²) in [5, 5.41) is 6.04. The number of carbonyl (C=O) groups is 1. The van der Waals surface area contributed by atoms with Crippen LogP contribution in [0.15, 0.2) is 46.3 Å². The van der Waals surface area contributed by atoms with Crippen LogP contribution < -0.4 is 5.73 Å². The van der Waals surface area contributed by atoms with Crippen LogP contribution in [0.3, 0.4) is 0 Å². The number of hydrogen-bond donors (Lipinski definition) is 1. The molecule has 1 fully saturated rings. The average Bonchev–Trinajstić information content (AvgIpc) is 3.36. The van der Waals surface area contributed by atoms with Crippen LogP contribution in [0.25, 0.3) is 10.7 Å². The molecule has 0 spiro atoms. The van der Waals surface area contributed by atoms with Crippen LogP contribution in [0.4, 0.5) is 5.69 Å². The van der Waals surface area contributed by atoms with Gasteiger partial charge in [-0.1, -0.05) is 23.4 Å². The van der Waals surface area contributed by atoms with Gasteiger partial charge in [-0.15, -0.1) is 36.2 Å². The number of hydrogen-bond acceptors (Lipinski definition) is 7. The molecule has 10 heteroatoms. The van der Waals surface area contributed by atoms with Crippen LogP contribution in [0.5, 0.6) is 0 Å². The second-order valence-electron chi connectivity index (χ2n) is 6.56. The second-order valence-corrected chi connectivity index (χ2v) is 7.51. The highest BCUT2D eigenvalue weighted by Crippen LogP contribution is 2.21. The van der Waals surface area contributed by atoms with E-state index in [1.54, 1.807) is 11.3 Å². The zero-order chi connectivity index (χ0) is 18.6. The molecule has 1 amide bonds. The Bertz CT molecular complexity index is 894. The zero-order valence-electron chi connectivity index (χ0n) is 15.7. The van der Waals surface area contributed by atoms with Crippen molar-refractivity contribution in [3.05, 3.63) is 53.2 Å². The number of halogens is 2. The van der Waals surface area contributed by atoms with E-state index in [-0.39, 0.29) is 30.7 Å². The van der Waals surface area contributed by atoms with Gasteiger partial charge >= 0.3 is 0 Å². The maximum Gasteiger partial charge on any atom is 0.241 e. The molecule has 2 N–H and O–H groups in total. The minimum atomic E-state index is 0. The summed E-state index contributed by atoms with van der Waals surface area (Å²) < 4.78 is 5.37. The van der Waals surface area contributed by atoms with Crippen molar-refractivity contribution in [2.45, 2.75) is 13.0 Å². The molecule has 3 heterocycles. The van der Waals surface area contributed by atoms with E-state index >= 15 is 0 Å². The van der Waals surface area contributed by atoms with Gasteiger partial charge in [-0.25, -0.2) is 0 Å². The molecular weight excluding hydrogens is 433 g/mol. The summed E-state index contributed by atoms with van der Waals surface area (Å²) >= 11 is 1.59. The summed E-state index contributed by atoms with van der Waals surface area (Å²) in [6.45, 7) is 3.62. The number of nitrogens with zero attached hydrogens (tertiary/aromatic N) is 4. The lowest BCUT2D eigenvalue weighted by atomic mass is 10.1. The number of rotatable bonds is 5. The molecule has 2 aromatic heterocycles. The normalized spacial score (nSPS) is 14.1. The van der Waals surface area contributed by atoms with E-state index in [1.165, 1.54) is 0 Å². The number of amides is 1. The van der Waals surface area contributed by atoms with Gasteiger partial charge < -0.3 is 15.2 Å². The number of benzene rings is 1. The summed E-state index contributed by atoms with van der Waals surface area (Å²) in [4.78, 5) is 22.1. The predicted octanol–water partition coefficient (Wildman–Crippen LogP) is 3.11. The van der Waals surface area contributed by atoms with Crippen molar-refractivity contribution in [1.29, 1.82) is 0 Å². The molecule has 1 aliphatic heterocycles. The van der Waals surface area contributed by atoms with Gasteiger partial charge in [0.15, 0.2) is 0 Å². The van der Waals surface area contributed by atoms with E-state index < -0.39 is 0 Å². The van der Waals surface area contributed by atoms with Gasteiger partial charge in [-0.3, -0.25) is 9.69 Å². The monoisotopic (exact) mass is 455 g/mol. The van der Waals surface area contributed by atoms with Gasteiger partial charge in [0.25, 0.3) is 0 Å². The third-order valence-electron chi connectivity index (χ3n) is 4.63. The van der Waals surface area contributed by atoms with Gasteiger partial charge in [0.05, 0.1) is 17.8 Å².